The lowest BCUT2D eigenvalue weighted by molar-refractivity contribution is -0.123. The van der Waals surface area contributed by atoms with E-state index in [0.29, 0.717) is 0 Å². The Morgan fingerprint density at radius 3 is 2.58 bits per heavy atom. The van der Waals surface area contributed by atoms with Gasteiger partial charge >= 0.3 is 0 Å². The van der Waals surface area contributed by atoms with Crippen LogP contribution in [0, 0.1) is 0 Å². The highest BCUT2D eigenvalue weighted by atomic mass is 16.5. The predicted molar refractivity (Wildman–Crippen MR) is 99.8 cm³/mol. The number of amides is 2. The average molecular weight is 352 g/mol. The van der Waals surface area contributed by atoms with E-state index in [9.17, 15) is 9.59 Å². The molecule has 0 aliphatic heterocycles. The maximum absolute atomic E-state index is 12.6. The van der Waals surface area contributed by atoms with Crippen LogP contribution < -0.4 is 15.4 Å². The minimum atomic E-state index is -0.366. The lowest BCUT2D eigenvalue weighted by Crippen LogP contribution is -2.34. The number of aryl methyl sites for hydroxylation is 1. The van der Waals surface area contributed by atoms with Gasteiger partial charge in [0.05, 0.1) is 25.6 Å². The maximum Gasteiger partial charge on any atom is 0.222 e. The first-order chi connectivity index (χ1) is 12.6. The first-order valence-electron chi connectivity index (χ1n) is 8.85. The molecule has 0 fully saturated rings. The van der Waals surface area contributed by atoms with Crippen LogP contribution >= 0.6 is 0 Å². The molecule has 2 aromatic rings. The van der Waals surface area contributed by atoms with Crippen molar-refractivity contribution in [1.82, 2.24) is 10.6 Å². The molecule has 5 heteroatoms. The molecule has 0 saturated carbocycles. The SMILES string of the molecule is COc1ccc([C@@H](CC(=O)N[C@@H]2CCc3ccccc32)NC(C)=O)cc1. The van der Waals surface area contributed by atoms with E-state index in [2.05, 4.69) is 22.8 Å². The van der Waals surface area contributed by atoms with Crippen molar-refractivity contribution in [2.75, 3.05) is 7.11 Å². The molecule has 0 aromatic heterocycles. The summed E-state index contributed by atoms with van der Waals surface area (Å²) >= 11 is 0. The fourth-order valence-corrected chi connectivity index (χ4v) is 3.48. The van der Waals surface area contributed by atoms with Crippen LogP contribution in [-0.4, -0.2) is 18.9 Å². The predicted octanol–water partition coefficient (Wildman–Crippen LogP) is 3.07. The van der Waals surface area contributed by atoms with Crippen molar-refractivity contribution in [2.24, 2.45) is 0 Å². The Hall–Kier alpha value is -2.82. The third-order valence-electron chi connectivity index (χ3n) is 4.75. The molecule has 0 heterocycles. The van der Waals surface area contributed by atoms with E-state index in [0.717, 1.165) is 24.2 Å². The Balaban J connectivity index is 1.68. The van der Waals surface area contributed by atoms with Crippen LogP contribution in [0.4, 0.5) is 0 Å². The van der Waals surface area contributed by atoms with Crippen LogP contribution in [0.2, 0.25) is 0 Å². The van der Waals surface area contributed by atoms with Crippen molar-refractivity contribution in [3.05, 3.63) is 65.2 Å². The summed E-state index contributed by atoms with van der Waals surface area (Å²) in [6.45, 7) is 1.46. The fraction of sp³-hybridized carbons (Fsp3) is 0.333. The highest BCUT2D eigenvalue weighted by Crippen LogP contribution is 2.31. The van der Waals surface area contributed by atoms with Crippen molar-refractivity contribution in [2.45, 2.75) is 38.3 Å². The van der Waals surface area contributed by atoms with E-state index < -0.39 is 0 Å². The van der Waals surface area contributed by atoms with Gasteiger partial charge in [0, 0.05) is 6.92 Å². The summed E-state index contributed by atoms with van der Waals surface area (Å²) in [5.74, 6) is 0.508. The van der Waals surface area contributed by atoms with Gasteiger partial charge in [0.1, 0.15) is 5.75 Å². The number of ether oxygens (including phenoxy) is 1. The highest BCUT2D eigenvalue weighted by Gasteiger charge is 2.25. The summed E-state index contributed by atoms with van der Waals surface area (Å²) < 4.78 is 5.17. The Morgan fingerprint density at radius 2 is 1.88 bits per heavy atom. The molecule has 26 heavy (non-hydrogen) atoms. The zero-order chi connectivity index (χ0) is 18.5. The first-order valence-corrected chi connectivity index (χ1v) is 8.85. The van der Waals surface area contributed by atoms with E-state index in [1.165, 1.54) is 18.1 Å². The van der Waals surface area contributed by atoms with Crippen molar-refractivity contribution in [3.8, 4) is 5.75 Å². The molecule has 2 amide bonds. The molecule has 136 valence electrons. The molecule has 3 rings (SSSR count). The van der Waals surface area contributed by atoms with Gasteiger partial charge in [-0.3, -0.25) is 9.59 Å². The highest BCUT2D eigenvalue weighted by molar-refractivity contribution is 5.79. The minimum absolute atomic E-state index is 0.0487. The number of benzene rings is 2. The van der Waals surface area contributed by atoms with E-state index in [4.69, 9.17) is 4.74 Å². The Labute approximate surface area is 153 Å². The fourth-order valence-electron chi connectivity index (χ4n) is 3.48. The van der Waals surface area contributed by atoms with Crippen LogP contribution in [0.5, 0.6) is 5.75 Å². The van der Waals surface area contributed by atoms with Gasteiger partial charge in [0.25, 0.3) is 0 Å². The van der Waals surface area contributed by atoms with Gasteiger partial charge in [0.2, 0.25) is 11.8 Å². The lowest BCUT2D eigenvalue weighted by Gasteiger charge is -2.20. The van der Waals surface area contributed by atoms with Gasteiger partial charge < -0.3 is 15.4 Å². The average Bonchev–Trinajstić information content (AvgIpc) is 3.04. The van der Waals surface area contributed by atoms with Crippen LogP contribution in [0.25, 0.3) is 0 Å². The second-order valence-corrected chi connectivity index (χ2v) is 6.59. The van der Waals surface area contributed by atoms with Crippen molar-refractivity contribution in [3.63, 3.8) is 0 Å². The van der Waals surface area contributed by atoms with Crippen molar-refractivity contribution < 1.29 is 14.3 Å². The van der Waals surface area contributed by atoms with Crippen molar-refractivity contribution >= 4 is 11.8 Å². The largest absolute Gasteiger partial charge is 0.497 e. The Kier molecular flexibility index (Phi) is 5.56. The van der Waals surface area contributed by atoms with E-state index in [-0.39, 0.29) is 30.3 Å². The molecule has 1 aliphatic carbocycles. The standard InChI is InChI=1S/C21H24N2O3/c1-14(24)22-20(16-7-10-17(26-2)11-8-16)13-21(25)23-19-12-9-15-5-3-4-6-18(15)19/h3-8,10-11,19-20H,9,12-13H2,1-2H3,(H,22,24)(H,23,25)/t19-,20-/m1/s1. The molecular weight excluding hydrogens is 328 g/mol. The number of nitrogens with one attached hydrogen (secondary N) is 2. The van der Waals surface area contributed by atoms with Crippen LogP contribution in [0.3, 0.4) is 0 Å². The van der Waals surface area contributed by atoms with Gasteiger partial charge in [-0.15, -0.1) is 0 Å². The molecule has 0 bridgehead atoms. The quantitative estimate of drug-likeness (QED) is 0.840. The molecule has 0 radical (unpaired) electrons. The van der Waals surface area contributed by atoms with Gasteiger partial charge in [-0.1, -0.05) is 36.4 Å². The van der Waals surface area contributed by atoms with Gasteiger partial charge in [0.15, 0.2) is 0 Å². The smallest absolute Gasteiger partial charge is 0.222 e. The maximum atomic E-state index is 12.6. The van der Waals surface area contributed by atoms with E-state index >= 15 is 0 Å². The number of methoxy groups -OCH3 is 1. The first kappa shape index (κ1) is 18.0. The lowest BCUT2D eigenvalue weighted by atomic mass is 10.0. The van der Waals surface area contributed by atoms with Gasteiger partial charge in [-0.2, -0.15) is 0 Å². The normalized spacial score (nSPS) is 16.5. The molecule has 2 atom stereocenters. The van der Waals surface area contributed by atoms with E-state index in [1.54, 1.807) is 7.11 Å². The number of hydrogen-bond donors (Lipinski definition) is 2. The summed E-state index contributed by atoms with van der Waals surface area (Å²) in [5, 5.41) is 5.98. The zero-order valence-corrected chi connectivity index (χ0v) is 15.1. The molecule has 5 nitrogen and oxygen atoms in total. The van der Waals surface area contributed by atoms with Crippen LogP contribution in [0.15, 0.2) is 48.5 Å². The number of carbonyl (C=O) groups is 2. The Bertz CT molecular complexity index is 786. The number of hydrogen-bond acceptors (Lipinski definition) is 3. The summed E-state index contributed by atoms with van der Waals surface area (Å²) in [6.07, 6.45) is 2.09. The summed E-state index contributed by atoms with van der Waals surface area (Å²) in [5.41, 5.74) is 3.37. The summed E-state index contributed by atoms with van der Waals surface area (Å²) in [4.78, 5) is 24.2. The molecule has 0 unspecified atom stereocenters. The van der Waals surface area contributed by atoms with Crippen molar-refractivity contribution in [1.29, 1.82) is 0 Å². The Morgan fingerprint density at radius 1 is 1.15 bits per heavy atom. The minimum Gasteiger partial charge on any atom is -0.497 e. The molecule has 2 N–H and O–H groups in total. The second-order valence-electron chi connectivity index (χ2n) is 6.59. The van der Waals surface area contributed by atoms with Crippen LogP contribution in [0.1, 0.15) is 48.5 Å². The topological polar surface area (TPSA) is 67.4 Å². The molecule has 0 spiro atoms. The number of fused-ring (bicyclic) bond motifs is 1. The second kappa shape index (κ2) is 8.04. The van der Waals surface area contributed by atoms with Gasteiger partial charge in [-0.25, -0.2) is 0 Å². The molecule has 0 saturated heterocycles. The van der Waals surface area contributed by atoms with Crippen LogP contribution in [-0.2, 0) is 16.0 Å². The summed E-state index contributed by atoms with van der Waals surface area (Å²) in [7, 11) is 1.60. The zero-order valence-electron chi connectivity index (χ0n) is 15.1. The number of rotatable bonds is 6. The third-order valence-corrected chi connectivity index (χ3v) is 4.75. The summed E-state index contributed by atoms with van der Waals surface area (Å²) in [6, 6.07) is 15.3. The monoisotopic (exact) mass is 352 g/mol. The number of carbonyl (C=O) groups excluding carboxylic acids is 2. The molecule has 2 aromatic carbocycles. The molecular formula is C21H24N2O3. The van der Waals surface area contributed by atoms with E-state index in [1.807, 2.05) is 36.4 Å². The van der Waals surface area contributed by atoms with Gasteiger partial charge in [-0.05, 0) is 41.7 Å². The molecule has 1 aliphatic rings. The third kappa shape index (κ3) is 4.23.